The van der Waals surface area contributed by atoms with Gasteiger partial charge in [-0.25, -0.2) is 0 Å². The molecule has 0 spiro atoms. The van der Waals surface area contributed by atoms with Crippen molar-refractivity contribution in [2.45, 2.75) is 51.8 Å². The average molecular weight is 224 g/mol. The Labute approximate surface area is 89.0 Å². The summed E-state index contributed by atoms with van der Waals surface area (Å²) in [4.78, 5) is 0. The van der Waals surface area contributed by atoms with Gasteiger partial charge in [-0.3, -0.25) is 0 Å². The van der Waals surface area contributed by atoms with Gasteiger partial charge in [0.05, 0.1) is 0 Å². The van der Waals surface area contributed by atoms with Gasteiger partial charge < -0.3 is 5.11 Å². The molecule has 0 radical (unpaired) electrons. The molecule has 0 aliphatic heterocycles. The lowest BCUT2D eigenvalue weighted by Gasteiger charge is -2.30. The maximum Gasteiger partial charge on any atom is 0.417 e. The molecule has 0 saturated heterocycles. The van der Waals surface area contributed by atoms with Crippen LogP contribution in [0.1, 0.15) is 40.0 Å². The number of unbranched alkanes of at least 4 members (excludes halogenated alkanes) is 2. The molecule has 15 heavy (non-hydrogen) atoms. The minimum absolute atomic E-state index is 0.759. The van der Waals surface area contributed by atoms with Crippen molar-refractivity contribution in [1.82, 2.24) is 0 Å². The molecular weight excluding hydrogens is 205 g/mol. The first-order chi connectivity index (χ1) is 6.73. The van der Waals surface area contributed by atoms with Crippen molar-refractivity contribution >= 4 is 0 Å². The molecule has 0 amide bonds. The predicted molar refractivity (Wildman–Crippen MR) is 54.5 cm³/mol. The van der Waals surface area contributed by atoms with E-state index in [4.69, 9.17) is 0 Å². The molecule has 0 unspecified atom stereocenters. The van der Waals surface area contributed by atoms with Crippen LogP contribution in [0.3, 0.4) is 0 Å². The maximum atomic E-state index is 12.4. The summed E-state index contributed by atoms with van der Waals surface area (Å²) in [6, 6.07) is 0. The van der Waals surface area contributed by atoms with Crippen LogP contribution in [0, 0.1) is 5.92 Å². The number of halogens is 3. The molecule has 0 heterocycles. The van der Waals surface area contributed by atoms with Crippen molar-refractivity contribution in [2.24, 2.45) is 5.92 Å². The lowest BCUT2D eigenvalue weighted by Crippen LogP contribution is -2.47. The normalized spacial score (nSPS) is 19.1. The summed E-state index contributed by atoms with van der Waals surface area (Å²) in [5, 5.41) is 9.30. The van der Waals surface area contributed by atoms with E-state index in [-0.39, 0.29) is 0 Å². The van der Waals surface area contributed by atoms with Crippen molar-refractivity contribution in [3.63, 3.8) is 0 Å². The molecule has 0 aromatic carbocycles. The summed E-state index contributed by atoms with van der Waals surface area (Å²) < 4.78 is 37.1. The molecule has 4 heteroatoms. The van der Waals surface area contributed by atoms with Gasteiger partial charge in [-0.2, -0.15) is 13.2 Å². The zero-order valence-electron chi connectivity index (χ0n) is 9.43. The molecule has 0 aliphatic rings. The van der Waals surface area contributed by atoms with Crippen LogP contribution in [0.5, 0.6) is 0 Å². The number of allylic oxidation sites excluding steroid dienone is 1. The first-order valence-corrected chi connectivity index (χ1v) is 5.19. The van der Waals surface area contributed by atoms with Gasteiger partial charge >= 0.3 is 6.18 Å². The SMILES string of the molecule is CCCC/C=C/[C@H](C)[C@@](C)(O)C(F)(F)F. The number of aliphatic hydroxyl groups is 1. The highest BCUT2D eigenvalue weighted by Gasteiger charge is 2.52. The van der Waals surface area contributed by atoms with Gasteiger partial charge in [-0.1, -0.05) is 38.8 Å². The van der Waals surface area contributed by atoms with E-state index in [1.165, 1.54) is 13.0 Å². The second-order valence-electron chi connectivity index (χ2n) is 4.00. The molecule has 1 N–H and O–H groups in total. The van der Waals surface area contributed by atoms with E-state index >= 15 is 0 Å². The van der Waals surface area contributed by atoms with Crippen LogP contribution in [-0.2, 0) is 0 Å². The van der Waals surface area contributed by atoms with Gasteiger partial charge in [0.2, 0.25) is 0 Å². The molecule has 2 atom stereocenters. The molecule has 0 aromatic heterocycles. The summed E-state index contributed by atoms with van der Waals surface area (Å²) in [5.41, 5.74) is -2.64. The fourth-order valence-corrected chi connectivity index (χ4v) is 1.07. The third kappa shape index (κ3) is 4.24. The number of hydrogen-bond donors (Lipinski definition) is 1. The van der Waals surface area contributed by atoms with Crippen LogP contribution >= 0.6 is 0 Å². The number of alkyl halides is 3. The smallest absolute Gasteiger partial charge is 0.380 e. The first-order valence-electron chi connectivity index (χ1n) is 5.19. The lowest BCUT2D eigenvalue weighted by atomic mass is 9.89. The average Bonchev–Trinajstić information content (AvgIpc) is 2.10. The highest BCUT2D eigenvalue weighted by molar-refractivity contribution is 4.98. The molecule has 0 fully saturated rings. The third-order valence-electron chi connectivity index (χ3n) is 2.61. The van der Waals surface area contributed by atoms with Crippen LogP contribution < -0.4 is 0 Å². The second-order valence-corrected chi connectivity index (χ2v) is 4.00. The van der Waals surface area contributed by atoms with Crippen LogP contribution in [0.15, 0.2) is 12.2 Å². The molecule has 0 saturated carbocycles. The monoisotopic (exact) mass is 224 g/mol. The molecule has 1 nitrogen and oxygen atoms in total. The van der Waals surface area contributed by atoms with Crippen molar-refractivity contribution in [1.29, 1.82) is 0 Å². The largest absolute Gasteiger partial charge is 0.417 e. The molecule has 90 valence electrons. The molecule has 0 aliphatic carbocycles. The molecule has 0 rings (SSSR count). The quantitative estimate of drug-likeness (QED) is 0.558. The first kappa shape index (κ1) is 14.5. The fraction of sp³-hybridized carbons (Fsp3) is 0.818. The highest BCUT2D eigenvalue weighted by Crippen LogP contribution is 2.36. The summed E-state index contributed by atoms with van der Waals surface area (Å²) in [6.45, 7) is 4.20. The highest BCUT2D eigenvalue weighted by atomic mass is 19.4. The van der Waals surface area contributed by atoms with Crippen LogP contribution in [-0.4, -0.2) is 16.9 Å². The Morgan fingerprint density at radius 1 is 1.33 bits per heavy atom. The maximum absolute atomic E-state index is 12.4. The van der Waals surface area contributed by atoms with Crippen LogP contribution in [0.4, 0.5) is 13.2 Å². The Kier molecular flexibility index (Phi) is 5.35. The summed E-state index contributed by atoms with van der Waals surface area (Å²) in [6.07, 6.45) is 1.28. The van der Waals surface area contributed by atoms with E-state index in [1.54, 1.807) is 6.08 Å². The predicted octanol–water partition coefficient (Wildman–Crippen LogP) is 3.68. The fourth-order valence-electron chi connectivity index (χ4n) is 1.07. The second kappa shape index (κ2) is 5.54. The van der Waals surface area contributed by atoms with E-state index in [0.717, 1.165) is 26.2 Å². The van der Waals surface area contributed by atoms with Gasteiger partial charge in [-0.15, -0.1) is 0 Å². The minimum atomic E-state index is -4.58. The van der Waals surface area contributed by atoms with Crippen LogP contribution in [0.25, 0.3) is 0 Å². The Morgan fingerprint density at radius 2 is 1.87 bits per heavy atom. The summed E-state index contributed by atoms with van der Waals surface area (Å²) in [5.74, 6) is -0.922. The lowest BCUT2D eigenvalue weighted by molar-refractivity contribution is -0.264. The Bertz CT molecular complexity index is 206. The zero-order valence-corrected chi connectivity index (χ0v) is 9.43. The van der Waals surface area contributed by atoms with Gasteiger partial charge in [0.1, 0.15) is 0 Å². The number of hydrogen-bond acceptors (Lipinski definition) is 1. The molecular formula is C11H19F3O. The minimum Gasteiger partial charge on any atom is -0.380 e. The van der Waals surface area contributed by atoms with E-state index in [2.05, 4.69) is 0 Å². The molecule has 0 aromatic rings. The zero-order chi connectivity index (χ0) is 12.1. The van der Waals surface area contributed by atoms with Gasteiger partial charge in [-0.05, 0) is 13.3 Å². The van der Waals surface area contributed by atoms with E-state index in [0.29, 0.717) is 0 Å². The van der Waals surface area contributed by atoms with Gasteiger partial charge in [0, 0.05) is 5.92 Å². The van der Waals surface area contributed by atoms with E-state index < -0.39 is 17.7 Å². The standard InChI is InChI=1S/C11H19F3O/c1-4-5-6-7-8-9(2)10(3,15)11(12,13)14/h7-9,15H,4-6H2,1-3H3/b8-7+/t9-,10+/m0/s1. The summed E-state index contributed by atoms with van der Waals surface area (Å²) in [7, 11) is 0. The Morgan fingerprint density at radius 3 is 2.27 bits per heavy atom. The third-order valence-corrected chi connectivity index (χ3v) is 2.61. The molecule has 0 bridgehead atoms. The van der Waals surface area contributed by atoms with E-state index in [1.807, 2.05) is 6.92 Å². The van der Waals surface area contributed by atoms with Crippen molar-refractivity contribution < 1.29 is 18.3 Å². The summed E-state index contributed by atoms with van der Waals surface area (Å²) >= 11 is 0. The van der Waals surface area contributed by atoms with Gasteiger partial charge in [0.25, 0.3) is 0 Å². The van der Waals surface area contributed by atoms with Crippen molar-refractivity contribution in [2.75, 3.05) is 0 Å². The van der Waals surface area contributed by atoms with Crippen molar-refractivity contribution in [3.05, 3.63) is 12.2 Å². The van der Waals surface area contributed by atoms with Gasteiger partial charge in [0.15, 0.2) is 5.60 Å². The van der Waals surface area contributed by atoms with Crippen LogP contribution in [0.2, 0.25) is 0 Å². The van der Waals surface area contributed by atoms with E-state index in [9.17, 15) is 18.3 Å². The topological polar surface area (TPSA) is 20.2 Å². The Balaban J connectivity index is 4.31. The van der Waals surface area contributed by atoms with Crippen molar-refractivity contribution in [3.8, 4) is 0 Å². The Hall–Kier alpha value is -0.510. The number of rotatable bonds is 5.